The first-order valence-corrected chi connectivity index (χ1v) is 7.87. The normalized spacial score (nSPS) is 12.4. The Labute approximate surface area is 126 Å². The Kier molecular flexibility index (Phi) is 4.90. The molecule has 0 aliphatic heterocycles. The van der Waals surface area contributed by atoms with Crippen LogP contribution in [0.25, 0.3) is 0 Å². The second-order valence-electron chi connectivity index (χ2n) is 5.62. The third kappa shape index (κ3) is 3.87. The standard InChI is InChI=1S/C18H23NS/c1-12-5-7-17(9-13(12)2)20-18-8-6-16(11-15(4)19)14(3)10-18/h5-10,15H,11,19H2,1-4H3. The molecule has 20 heavy (non-hydrogen) atoms. The van der Waals surface area contributed by atoms with Crippen LogP contribution in [0.5, 0.6) is 0 Å². The number of nitrogens with two attached hydrogens (primary N) is 1. The molecule has 2 heteroatoms. The molecule has 0 aliphatic carbocycles. The highest BCUT2D eigenvalue weighted by molar-refractivity contribution is 7.99. The molecular weight excluding hydrogens is 262 g/mol. The predicted molar refractivity (Wildman–Crippen MR) is 88.6 cm³/mol. The fourth-order valence-electron chi connectivity index (χ4n) is 2.22. The van der Waals surface area contributed by atoms with Crippen molar-refractivity contribution in [3.05, 3.63) is 58.7 Å². The highest BCUT2D eigenvalue weighted by Gasteiger charge is 2.05. The molecule has 1 unspecified atom stereocenters. The van der Waals surface area contributed by atoms with Gasteiger partial charge in [0.05, 0.1) is 0 Å². The summed E-state index contributed by atoms with van der Waals surface area (Å²) in [5, 5.41) is 0. The van der Waals surface area contributed by atoms with E-state index in [0.717, 1.165) is 6.42 Å². The second-order valence-corrected chi connectivity index (χ2v) is 6.76. The molecule has 0 aromatic heterocycles. The number of aryl methyl sites for hydroxylation is 3. The number of benzene rings is 2. The molecule has 0 aliphatic rings. The van der Waals surface area contributed by atoms with Crippen molar-refractivity contribution in [2.75, 3.05) is 0 Å². The van der Waals surface area contributed by atoms with Crippen LogP contribution >= 0.6 is 11.8 Å². The van der Waals surface area contributed by atoms with E-state index in [9.17, 15) is 0 Å². The lowest BCUT2D eigenvalue weighted by molar-refractivity contribution is 0.734. The van der Waals surface area contributed by atoms with Crippen molar-refractivity contribution in [1.29, 1.82) is 0 Å². The van der Waals surface area contributed by atoms with Crippen molar-refractivity contribution in [2.24, 2.45) is 5.73 Å². The molecule has 0 bridgehead atoms. The lowest BCUT2D eigenvalue weighted by Gasteiger charge is -2.11. The van der Waals surface area contributed by atoms with Crippen LogP contribution in [0.3, 0.4) is 0 Å². The van der Waals surface area contributed by atoms with Crippen molar-refractivity contribution in [3.63, 3.8) is 0 Å². The Balaban J connectivity index is 2.17. The quantitative estimate of drug-likeness (QED) is 0.884. The van der Waals surface area contributed by atoms with E-state index in [1.54, 1.807) is 0 Å². The first-order valence-electron chi connectivity index (χ1n) is 7.06. The van der Waals surface area contributed by atoms with Gasteiger partial charge >= 0.3 is 0 Å². The highest BCUT2D eigenvalue weighted by Crippen LogP contribution is 2.30. The summed E-state index contributed by atoms with van der Waals surface area (Å²) in [6, 6.07) is 13.5. The van der Waals surface area contributed by atoms with E-state index in [1.165, 1.54) is 32.0 Å². The fourth-order valence-corrected chi connectivity index (χ4v) is 3.24. The molecule has 1 nitrogen and oxygen atoms in total. The molecule has 0 spiro atoms. The van der Waals surface area contributed by atoms with Gasteiger partial charge in [-0.15, -0.1) is 0 Å². The van der Waals surface area contributed by atoms with E-state index in [0.29, 0.717) is 0 Å². The molecule has 0 heterocycles. The summed E-state index contributed by atoms with van der Waals surface area (Å²) >= 11 is 1.82. The summed E-state index contributed by atoms with van der Waals surface area (Å²) in [4.78, 5) is 2.59. The molecule has 106 valence electrons. The van der Waals surface area contributed by atoms with Gasteiger partial charge in [0.15, 0.2) is 0 Å². The largest absolute Gasteiger partial charge is 0.328 e. The number of hydrogen-bond donors (Lipinski definition) is 1. The first kappa shape index (κ1) is 15.1. The summed E-state index contributed by atoms with van der Waals surface area (Å²) in [6.07, 6.45) is 0.945. The van der Waals surface area contributed by atoms with Gasteiger partial charge < -0.3 is 5.73 Å². The minimum Gasteiger partial charge on any atom is -0.328 e. The van der Waals surface area contributed by atoms with Gasteiger partial charge in [-0.25, -0.2) is 0 Å². The Hall–Kier alpha value is -1.25. The molecule has 2 N–H and O–H groups in total. The van der Waals surface area contributed by atoms with Gasteiger partial charge in [0.25, 0.3) is 0 Å². The Morgan fingerprint density at radius 1 is 0.900 bits per heavy atom. The van der Waals surface area contributed by atoms with Crippen molar-refractivity contribution in [3.8, 4) is 0 Å². The third-order valence-corrected chi connectivity index (χ3v) is 4.55. The Bertz CT molecular complexity index is 602. The van der Waals surface area contributed by atoms with Crippen LogP contribution in [0.1, 0.15) is 29.2 Å². The topological polar surface area (TPSA) is 26.0 Å². The Morgan fingerprint density at radius 2 is 1.50 bits per heavy atom. The molecule has 0 amide bonds. The van der Waals surface area contributed by atoms with Crippen molar-refractivity contribution in [2.45, 2.75) is 49.9 Å². The molecular formula is C18H23NS. The van der Waals surface area contributed by atoms with E-state index in [2.05, 4.69) is 64.1 Å². The molecule has 0 saturated carbocycles. The van der Waals surface area contributed by atoms with Gasteiger partial charge in [-0.05, 0) is 80.6 Å². The van der Waals surface area contributed by atoms with Crippen LogP contribution in [-0.2, 0) is 6.42 Å². The van der Waals surface area contributed by atoms with E-state index < -0.39 is 0 Å². The van der Waals surface area contributed by atoms with Gasteiger partial charge in [0.2, 0.25) is 0 Å². The SMILES string of the molecule is Cc1ccc(Sc2ccc(CC(C)N)c(C)c2)cc1C. The minimum atomic E-state index is 0.215. The highest BCUT2D eigenvalue weighted by atomic mass is 32.2. The molecule has 2 rings (SSSR count). The van der Waals surface area contributed by atoms with E-state index >= 15 is 0 Å². The van der Waals surface area contributed by atoms with Gasteiger partial charge in [-0.1, -0.05) is 23.9 Å². The Morgan fingerprint density at radius 3 is 2.05 bits per heavy atom. The van der Waals surface area contributed by atoms with Gasteiger partial charge in [0.1, 0.15) is 0 Å². The number of rotatable bonds is 4. The van der Waals surface area contributed by atoms with E-state index in [4.69, 9.17) is 5.73 Å². The zero-order valence-corrected chi connectivity index (χ0v) is 13.6. The summed E-state index contributed by atoms with van der Waals surface area (Å²) < 4.78 is 0. The summed E-state index contributed by atoms with van der Waals surface area (Å²) in [7, 11) is 0. The maximum atomic E-state index is 5.88. The molecule has 0 radical (unpaired) electrons. The van der Waals surface area contributed by atoms with Gasteiger partial charge in [0, 0.05) is 15.8 Å². The van der Waals surface area contributed by atoms with Gasteiger partial charge in [-0.3, -0.25) is 0 Å². The lowest BCUT2D eigenvalue weighted by Crippen LogP contribution is -2.18. The van der Waals surface area contributed by atoms with Crippen LogP contribution in [0.15, 0.2) is 46.2 Å². The predicted octanol–water partition coefficient (Wildman–Crippen LogP) is 4.65. The fraction of sp³-hybridized carbons (Fsp3) is 0.333. The molecule has 0 fully saturated rings. The number of hydrogen-bond acceptors (Lipinski definition) is 2. The average molecular weight is 285 g/mol. The smallest absolute Gasteiger partial charge is 0.0125 e. The zero-order chi connectivity index (χ0) is 14.7. The van der Waals surface area contributed by atoms with Crippen LogP contribution in [-0.4, -0.2) is 6.04 Å². The van der Waals surface area contributed by atoms with Crippen LogP contribution in [0.4, 0.5) is 0 Å². The molecule has 1 atom stereocenters. The van der Waals surface area contributed by atoms with Crippen LogP contribution < -0.4 is 5.73 Å². The first-order chi connectivity index (χ1) is 9.45. The summed E-state index contributed by atoms with van der Waals surface area (Å²) in [5.74, 6) is 0. The molecule has 2 aromatic rings. The van der Waals surface area contributed by atoms with Crippen LogP contribution in [0.2, 0.25) is 0 Å². The monoisotopic (exact) mass is 285 g/mol. The maximum absolute atomic E-state index is 5.88. The summed E-state index contributed by atoms with van der Waals surface area (Å²) in [5.41, 5.74) is 11.3. The maximum Gasteiger partial charge on any atom is 0.0125 e. The second kappa shape index (κ2) is 6.47. The van der Waals surface area contributed by atoms with Crippen LogP contribution in [0, 0.1) is 20.8 Å². The third-order valence-electron chi connectivity index (χ3n) is 3.57. The van der Waals surface area contributed by atoms with Gasteiger partial charge in [-0.2, -0.15) is 0 Å². The van der Waals surface area contributed by atoms with E-state index in [-0.39, 0.29) is 6.04 Å². The lowest BCUT2D eigenvalue weighted by atomic mass is 10.0. The van der Waals surface area contributed by atoms with E-state index in [1.807, 2.05) is 11.8 Å². The van der Waals surface area contributed by atoms with Crippen molar-refractivity contribution in [1.82, 2.24) is 0 Å². The molecule has 0 saturated heterocycles. The minimum absolute atomic E-state index is 0.215. The van der Waals surface area contributed by atoms with Crippen molar-refractivity contribution < 1.29 is 0 Å². The average Bonchev–Trinajstić information content (AvgIpc) is 2.37. The van der Waals surface area contributed by atoms with Crippen molar-refractivity contribution >= 4 is 11.8 Å². The summed E-state index contributed by atoms with van der Waals surface area (Å²) in [6.45, 7) is 8.53. The molecule has 2 aromatic carbocycles. The zero-order valence-electron chi connectivity index (χ0n) is 12.7.